The van der Waals surface area contributed by atoms with Crippen molar-refractivity contribution in [1.82, 2.24) is 19.9 Å². The van der Waals surface area contributed by atoms with Gasteiger partial charge in [0.05, 0.1) is 17.8 Å². The summed E-state index contributed by atoms with van der Waals surface area (Å²) >= 11 is 0. The Morgan fingerprint density at radius 3 is 2.42 bits per heavy atom. The predicted octanol–water partition coefficient (Wildman–Crippen LogP) is 3.50. The lowest BCUT2D eigenvalue weighted by Gasteiger charge is -2.17. The van der Waals surface area contributed by atoms with E-state index in [9.17, 15) is 4.79 Å². The quantitative estimate of drug-likeness (QED) is 0.765. The number of rotatable bonds is 5. The summed E-state index contributed by atoms with van der Waals surface area (Å²) in [4.78, 5) is 27.1. The number of pyridine rings is 1. The maximum absolute atomic E-state index is 12.6. The van der Waals surface area contributed by atoms with Crippen LogP contribution in [-0.2, 0) is 6.54 Å². The van der Waals surface area contributed by atoms with E-state index in [2.05, 4.69) is 20.3 Å². The fraction of sp³-hybridized carbons (Fsp3) is 0.200. The summed E-state index contributed by atoms with van der Waals surface area (Å²) in [6.45, 7) is 4.41. The first-order valence-corrected chi connectivity index (χ1v) is 8.35. The summed E-state index contributed by atoms with van der Waals surface area (Å²) in [5.41, 5.74) is 4.27. The maximum atomic E-state index is 12.6. The van der Waals surface area contributed by atoms with E-state index in [1.165, 1.54) is 12.4 Å². The molecule has 0 aliphatic rings. The Bertz CT molecular complexity index is 874. The van der Waals surface area contributed by atoms with Crippen molar-refractivity contribution in [2.24, 2.45) is 0 Å². The van der Waals surface area contributed by atoms with Crippen LogP contribution in [0.4, 0.5) is 11.6 Å². The molecule has 3 aromatic rings. The molecule has 0 atom stereocenters. The van der Waals surface area contributed by atoms with Crippen LogP contribution in [0.1, 0.15) is 27.3 Å². The van der Waals surface area contributed by atoms with E-state index in [0.29, 0.717) is 18.1 Å². The number of nitrogens with zero attached hydrogens (tertiary/aromatic N) is 4. The Labute approximate surface area is 153 Å². The number of anilines is 2. The maximum Gasteiger partial charge on any atom is 0.257 e. The first kappa shape index (κ1) is 17.5. The molecule has 0 unspecified atom stereocenters. The second kappa shape index (κ2) is 7.74. The molecule has 0 aliphatic heterocycles. The minimum atomic E-state index is -0.141. The number of nitrogens with one attached hydrogen (secondary N) is 1. The van der Waals surface area contributed by atoms with Crippen molar-refractivity contribution in [3.8, 4) is 0 Å². The van der Waals surface area contributed by atoms with Crippen LogP contribution in [0.2, 0.25) is 0 Å². The minimum Gasteiger partial charge on any atom is -0.336 e. The molecule has 1 amide bonds. The van der Waals surface area contributed by atoms with Crippen LogP contribution in [0, 0.1) is 13.8 Å². The van der Waals surface area contributed by atoms with E-state index >= 15 is 0 Å². The van der Waals surface area contributed by atoms with E-state index in [4.69, 9.17) is 0 Å². The molecule has 6 heteroatoms. The van der Waals surface area contributed by atoms with Gasteiger partial charge in [-0.2, -0.15) is 0 Å². The van der Waals surface area contributed by atoms with Gasteiger partial charge in [-0.25, -0.2) is 9.97 Å². The van der Waals surface area contributed by atoms with Gasteiger partial charge in [-0.3, -0.25) is 9.78 Å². The highest BCUT2D eigenvalue weighted by Crippen LogP contribution is 2.13. The van der Waals surface area contributed by atoms with E-state index < -0.39 is 0 Å². The Hall–Kier alpha value is -3.28. The van der Waals surface area contributed by atoms with Crippen molar-refractivity contribution in [3.63, 3.8) is 0 Å². The number of carbonyl (C=O) groups excluding carboxylic acids is 1. The van der Waals surface area contributed by atoms with Gasteiger partial charge in [0, 0.05) is 30.8 Å². The lowest BCUT2D eigenvalue weighted by Crippen LogP contribution is -2.27. The molecule has 1 aromatic carbocycles. The third kappa shape index (κ3) is 4.42. The van der Waals surface area contributed by atoms with Gasteiger partial charge in [0.25, 0.3) is 5.91 Å². The topological polar surface area (TPSA) is 71.0 Å². The molecule has 0 saturated heterocycles. The number of aromatic nitrogens is 3. The van der Waals surface area contributed by atoms with Crippen molar-refractivity contribution in [3.05, 3.63) is 77.4 Å². The number of aryl methyl sites for hydroxylation is 2. The number of carbonyl (C=O) groups is 1. The summed E-state index contributed by atoms with van der Waals surface area (Å²) in [7, 11) is 1.75. The van der Waals surface area contributed by atoms with Crippen molar-refractivity contribution >= 4 is 17.5 Å². The van der Waals surface area contributed by atoms with Crippen molar-refractivity contribution in [2.45, 2.75) is 20.4 Å². The molecule has 6 nitrogen and oxygen atoms in total. The first-order valence-electron chi connectivity index (χ1n) is 8.35. The van der Waals surface area contributed by atoms with Crippen molar-refractivity contribution in [2.75, 3.05) is 12.4 Å². The normalized spacial score (nSPS) is 10.4. The molecule has 0 bridgehead atoms. The molecule has 3 rings (SSSR count). The molecule has 0 aliphatic carbocycles. The van der Waals surface area contributed by atoms with Gasteiger partial charge < -0.3 is 10.2 Å². The number of hydrogen-bond acceptors (Lipinski definition) is 5. The zero-order chi connectivity index (χ0) is 18.5. The van der Waals surface area contributed by atoms with E-state index in [1.807, 2.05) is 56.3 Å². The van der Waals surface area contributed by atoms with Crippen LogP contribution in [0.25, 0.3) is 0 Å². The van der Waals surface area contributed by atoms with Crippen molar-refractivity contribution < 1.29 is 4.79 Å². The summed E-state index contributed by atoms with van der Waals surface area (Å²) < 4.78 is 0. The van der Waals surface area contributed by atoms with Gasteiger partial charge in [0.1, 0.15) is 0 Å². The highest BCUT2D eigenvalue weighted by atomic mass is 16.2. The molecular formula is C20H21N5O. The molecule has 0 radical (unpaired) electrons. The molecule has 132 valence electrons. The van der Waals surface area contributed by atoms with Crippen molar-refractivity contribution in [1.29, 1.82) is 0 Å². The molecular weight excluding hydrogens is 326 g/mol. The summed E-state index contributed by atoms with van der Waals surface area (Å²) in [6.07, 6.45) is 3.07. The standard InChI is InChI=1S/C20H21N5O/c1-14-9-15(2)23-18(10-14)13-25(3)19(26)16-11-21-20(22-12-16)24-17-7-5-4-6-8-17/h4-12H,13H2,1-3H3,(H,21,22,24). The monoisotopic (exact) mass is 347 g/mol. The number of amides is 1. The fourth-order valence-corrected chi connectivity index (χ4v) is 2.69. The van der Waals surface area contributed by atoms with Gasteiger partial charge in [-0.05, 0) is 43.7 Å². The molecule has 0 fully saturated rings. The van der Waals surface area contributed by atoms with Gasteiger partial charge in [0.2, 0.25) is 5.95 Å². The van der Waals surface area contributed by atoms with Gasteiger partial charge >= 0.3 is 0 Å². The van der Waals surface area contributed by atoms with Gasteiger partial charge in [0.15, 0.2) is 0 Å². The molecule has 26 heavy (non-hydrogen) atoms. The summed E-state index contributed by atoms with van der Waals surface area (Å²) in [5.74, 6) is 0.309. The number of hydrogen-bond donors (Lipinski definition) is 1. The third-order valence-corrected chi connectivity index (χ3v) is 3.83. The van der Waals surface area contributed by atoms with Crippen LogP contribution < -0.4 is 5.32 Å². The molecule has 2 aromatic heterocycles. The lowest BCUT2D eigenvalue weighted by atomic mass is 10.2. The van der Waals surface area contributed by atoms with Crippen LogP contribution in [0.5, 0.6) is 0 Å². The number of para-hydroxylation sites is 1. The first-order chi connectivity index (χ1) is 12.5. The lowest BCUT2D eigenvalue weighted by molar-refractivity contribution is 0.0782. The van der Waals surface area contributed by atoms with Gasteiger partial charge in [-0.15, -0.1) is 0 Å². The Morgan fingerprint density at radius 1 is 1.08 bits per heavy atom. The van der Waals surface area contributed by atoms with Crippen LogP contribution in [0.15, 0.2) is 54.9 Å². The number of benzene rings is 1. The second-order valence-corrected chi connectivity index (χ2v) is 6.22. The summed E-state index contributed by atoms with van der Waals surface area (Å²) in [6, 6.07) is 13.6. The molecule has 0 spiro atoms. The van der Waals surface area contributed by atoms with E-state index in [-0.39, 0.29) is 5.91 Å². The smallest absolute Gasteiger partial charge is 0.257 e. The molecule has 1 N–H and O–H groups in total. The van der Waals surface area contributed by atoms with Crippen LogP contribution in [-0.4, -0.2) is 32.8 Å². The highest BCUT2D eigenvalue weighted by Gasteiger charge is 2.14. The Morgan fingerprint density at radius 2 is 1.77 bits per heavy atom. The highest BCUT2D eigenvalue weighted by molar-refractivity contribution is 5.93. The predicted molar refractivity (Wildman–Crippen MR) is 101 cm³/mol. The third-order valence-electron chi connectivity index (χ3n) is 3.83. The second-order valence-electron chi connectivity index (χ2n) is 6.22. The SMILES string of the molecule is Cc1cc(C)nc(CN(C)C(=O)c2cnc(Nc3ccccc3)nc2)c1. The Balaban J connectivity index is 1.67. The molecule has 0 saturated carbocycles. The summed E-state index contributed by atoms with van der Waals surface area (Å²) in [5, 5.41) is 3.09. The van der Waals surface area contributed by atoms with E-state index in [0.717, 1.165) is 22.6 Å². The van der Waals surface area contributed by atoms with Crippen LogP contribution >= 0.6 is 0 Å². The minimum absolute atomic E-state index is 0.141. The van der Waals surface area contributed by atoms with Crippen LogP contribution in [0.3, 0.4) is 0 Å². The average Bonchev–Trinajstić information content (AvgIpc) is 2.62. The van der Waals surface area contributed by atoms with Gasteiger partial charge in [-0.1, -0.05) is 18.2 Å². The van der Waals surface area contributed by atoms with E-state index in [1.54, 1.807) is 11.9 Å². The molecule has 2 heterocycles. The zero-order valence-corrected chi connectivity index (χ0v) is 15.1. The zero-order valence-electron chi connectivity index (χ0n) is 15.1. The largest absolute Gasteiger partial charge is 0.336 e. The average molecular weight is 347 g/mol. The fourth-order valence-electron chi connectivity index (χ4n) is 2.69. The Kier molecular flexibility index (Phi) is 5.22.